The summed E-state index contributed by atoms with van der Waals surface area (Å²) in [5.74, 6) is 0.277. The van der Waals surface area contributed by atoms with Gasteiger partial charge in [-0.3, -0.25) is 4.99 Å². The Hall–Kier alpha value is -1.43. The van der Waals surface area contributed by atoms with Gasteiger partial charge in [0.05, 0.1) is 11.6 Å². The third kappa shape index (κ3) is 3.29. The lowest BCUT2D eigenvalue weighted by Gasteiger charge is -2.23. The minimum Gasteiger partial charge on any atom is -0.370 e. The van der Waals surface area contributed by atoms with Gasteiger partial charge < -0.3 is 11.1 Å². The first-order valence-corrected chi connectivity index (χ1v) is 5.20. The largest absolute Gasteiger partial charge is 0.416 e. The highest BCUT2D eigenvalue weighted by Crippen LogP contribution is 2.31. The van der Waals surface area contributed by atoms with Crippen molar-refractivity contribution in [1.82, 2.24) is 5.32 Å². The lowest BCUT2D eigenvalue weighted by molar-refractivity contribution is -0.137. The van der Waals surface area contributed by atoms with Crippen LogP contribution in [-0.2, 0) is 6.18 Å². The quantitative estimate of drug-likeness (QED) is 0.830. The molecule has 1 aliphatic heterocycles. The zero-order chi connectivity index (χ0) is 12.5. The highest BCUT2D eigenvalue weighted by atomic mass is 35.5. The first kappa shape index (κ1) is 14.6. The third-order valence-corrected chi connectivity index (χ3v) is 2.64. The van der Waals surface area contributed by atoms with Gasteiger partial charge in [0.25, 0.3) is 0 Å². The molecule has 1 atom stereocenters. The molecule has 3 N–H and O–H groups in total. The molecule has 0 aliphatic carbocycles. The molecule has 1 aromatic rings. The van der Waals surface area contributed by atoms with Crippen molar-refractivity contribution in [3.05, 3.63) is 35.4 Å². The summed E-state index contributed by atoms with van der Waals surface area (Å²) in [5, 5.41) is 2.87. The average Bonchev–Trinajstić information content (AvgIpc) is 2.28. The summed E-state index contributed by atoms with van der Waals surface area (Å²) in [6.45, 7) is 0.528. The molecule has 3 nitrogen and oxygen atoms in total. The van der Waals surface area contributed by atoms with Gasteiger partial charge in [0, 0.05) is 6.54 Å². The Bertz CT molecular complexity index is 445. The normalized spacial score (nSPS) is 19.5. The van der Waals surface area contributed by atoms with Crippen LogP contribution in [0.3, 0.4) is 0 Å². The van der Waals surface area contributed by atoms with E-state index in [0.717, 1.165) is 12.1 Å². The van der Waals surface area contributed by atoms with Crippen LogP contribution in [0.15, 0.2) is 29.3 Å². The molecule has 0 aromatic heterocycles. The molecule has 100 valence electrons. The standard InChI is InChI=1S/C11H12F3N3.ClH/c12-11(13,14)8-3-1-2-7(6-8)9-4-5-16-10(15)17-9;/h1-3,6,9H,4-5H2,(H3,15,16,17);1H. The van der Waals surface area contributed by atoms with Crippen LogP contribution >= 0.6 is 12.4 Å². The van der Waals surface area contributed by atoms with Gasteiger partial charge in [-0.05, 0) is 24.1 Å². The van der Waals surface area contributed by atoms with Gasteiger partial charge in [-0.25, -0.2) is 0 Å². The topological polar surface area (TPSA) is 50.4 Å². The average molecular weight is 280 g/mol. The van der Waals surface area contributed by atoms with Gasteiger partial charge in [-0.2, -0.15) is 13.2 Å². The third-order valence-electron chi connectivity index (χ3n) is 2.64. The van der Waals surface area contributed by atoms with Crippen LogP contribution in [0.5, 0.6) is 0 Å². The van der Waals surface area contributed by atoms with E-state index in [1.165, 1.54) is 6.07 Å². The minimum absolute atomic E-state index is 0. The second-order valence-corrected chi connectivity index (χ2v) is 3.88. The van der Waals surface area contributed by atoms with Crippen molar-refractivity contribution in [2.75, 3.05) is 6.54 Å². The predicted molar refractivity (Wildman–Crippen MR) is 65.7 cm³/mol. The molecular weight excluding hydrogens is 267 g/mol. The van der Waals surface area contributed by atoms with Gasteiger partial charge in [0.1, 0.15) is 0 Å². The van der Waals surface area contributed by atoms with Crippen LogP contribution in [-0.4, -0.2) is 12.5 Å². The van der Waals surface area contributed by atoms with Crippen molar-refractivity contribution in [2.45, 2.75) is 18.6 Å². The molecule has 2 rings (SSSR count). The van der Waals surface area contributed by atoms with E-state index in [2.05, 4.69) is 10.3 Å². The van der Waals surface area contributed by atoms with Gasteiger partial charge in [-0.15, -0.1) is 12.4 Å². The fraction of sp³-hybridized carbons (Fsp3) is 0.364. The highest BCUT2D eigenvalue weighted by molar-refractivity contribution is 5.85. The van der Waals surface area contributed by atoms with E-state index in [4.69, 9.17) is 5.73 Å². The number of hydrogen-bond donors (Lipinski definition) is 2. The number of aliphatic imine (C=N–C) groups is 1. The molecule has 0 bridgehead atoms. The van der Waals surface area contributed by atoms with Crippen LogP contribution in [0.4, 0.5) is 13.2 Å². The molecule has 0 fully saturated rings. The van der Waals surface area contributed by atoms with E-state index < -0.39 is 11.7 Å². The maximum Gasteiger partial charge on any atom is 0.416 e. The van der Waals surface area contributed by atoms with Crippen molar-refractivity contribution in [3.8, 4) is 0 Å². The van der Waals surface area contributed by atoms with E-state index in [1.54, 1.807) is 6.07 Å². The second-order valence-electron chi connectivity index (χ2n) is 3.88. The Morgan fingerprint density at radius 2 is 2.06 bits per heavy atom. The Morgan fingerprint density at radius 3 is 2.67 bits per heavy atom. The maximum absolute atomic E-state index is 12.5. The smallest absolute Gasteiger partial charge is 0.370 e. The maximum atomic E-state index is 12.5. The van der Waals surface area contributed by atoms with Crippen molar-refractivity contribution >= 4 is 18.4 Å². The molecule has 0 spiro atoms. The lowest BCUT2D eigenvalue weighted by Crippen LogP contribution is -2.38. The van der Waals surface area contributed by atoms with Crippen molar-refractivity contribution in [1.29, 1.82) is 0 Å². The first-order valence-electron chi connectivity index (χ1n) is 5.20. The summed E-state index contributed by atoms with van der Waals surface area (Å²) < 4.78 is 37.6. The fourth-order valence-corrected chi connectivity index (χ4v) is 1.79. The number of benzene rings is 1. The van der Waals surface area contributed by atoms with Gasteiger partial charge in [-0.1, -0.05) is 12.1 Å². The molecule has 1 unspecified atom stereocenters. The molecule has 1 aromatic carbocycles. The Labute approximate surface area is 109 Å². The summed E-state index contributed by atoms with van der Waals surface area (Å²) in [6, 6.07) is 5.07. The number of alkyl halides is 3. The van der Waals surface area contributed by atoms with Crippen molar-refractivity contribution < 1.29 is 13.2 Å². The lowest BCUT2D eigenvalue weighted by atomic mass is 10.0. The monoisotopic (exact) mass is 279 g/mol. The summed E-state index contributed by atoms with van der Waals surface area (Å²) in [5.41, 5.74) is 5.44. The molecule has 1 heterocycles. The Balaban J connectivity index is 0.00000162. The van der Waals surface area contributed by atoms with Crippen LogP contribution in [0.1, 0.15) is 23.6 Å². The molecule has 0 amide bonds. The number of nitrogens with one attached hydrogen (secondary N) is 1. The van der Waals surface area contributed by atoms with Crippen LogP contribution in [0, 0.1) is 0 Å². The van der Waals surface area contributed by atoms with Gasteiger partial charge in [0.2, 0.25) is 0 Å². The molecule has 1 aliphatic rings. The summed E-state index contributed by atoms with van der Waals surface area (Å²) in [6.07, 6.45) is -3.67. The number of halogens is 4. The second kappa shape index (κ2) is 5.48. The van der Waals surface area contributed by atoms with Crippen LogP contribution in [0.25, 0.3) is 0 Å². The van der Waals surface area contributed by atoms with Crippen molar-refractivity contribution in [3.63, 3.8) is 0 Å². The zero-order valence-electron chi connectivity index (χ0n) is 9.37. The molecular formula is C11H13ClF3N3. The minimum atomic E-state index is -4.32. The number of nitrogens with two attached hydrogens (primary N) is 1. The van der Waals surface area contributed by atoms with Gasteiger partial charge >= 0.3 is 6.18 Å². The van der Waals surface area contributed by atoms with E-state index in [-0.39, 0.29) is 24.4 Å². The number of rotatable bonds is 1. The summed E-state index contributed by atoms with van der Waals surface area (Å²) in [7, 11) is 0. The number of nitrogens with zero attached hydrogens (tertiary/aromatic N) is 1. The zero-order valence-corrected chi connectivity index (χ0v) is 10.2. The fourth-order valence-electron chi connectivity index (χ4n) is 1.79. The molecule has 7 heteroatoms. The van der Waals surface area contributed by atoms with Crippen molar-refractivity contribution in [2.24, 2.45) is 10.7 Å². The molecule has 0 radical (unpaired) electrons. The van der Waals surface area contributed by atoms with Gasteiger partial charge in [0.15, 0.2) is 5.96 Å². The molecule has 18 heavy (non-hydrogen) atoms. The summed E-state index contributed by atoms with van der Waals surface area (Å²) in [4.78, 5) is 3.94. The van der Waals surface area contributed by atoms with E-state index in [9.17, 15) is 13.2 Å². The Kier molecular flexibility index (Phi) is 4.45. The molecule has 0 saturated heterocycles. The van der Waals surface area contributed by atoms with E-state index in [1.807, 2.05) is 0 Å². The highest BCUT2D eigenvalue weighted by Gasteiger charge is 2.31. The molecule has 0 saturated carbocycles. The SMILES string of the molecule is Cl.NC1=NCCC(c2cccc(C(F)(F)F)c2)N1. The van der Waals surface area contributed by atoms with Crippen LogP contribution < -0.4 is 11.1 Å². The number of hydrogen-bond acceptors (Lipinski definition) is 3. The predicted octanol–water partition coefficient (Wildman–Crippen LogP) is 2.48. The Morgan fingerprint density at radius 1 is 1.33 bits per heavy atom. The van der Waals surface area contributed by atoms with E-state index >= 15 is 0 Å². The summed E-state index contributed by atoms with van der Waals surface area (Å²) >= 11 is 0. The van der Waals surface area contributed by atoms with Crippen LogP contribution in [0.2, 0.25) is 0 Å². The first-order chi connectivity index (χ1) is 7.97. The number of guanidine groups is 1. The van der Waals surface area contributed by atoms with E-state index in [0.29, 0.717) is 18.5 Å².